The van der Waals surface area contributed by atoms with E-state index in [1.165, 1.54) is 90.4 Å². The van der Waals surface area contributed by atoms with Crippen LogP contribution in [0.3, 0.4) is 0 Å². The van der Waals surface area contributed by atoms with Gasteiger partial charge >= 0.3 is 0 Å². The number of nitrogens with zero attached hydrogens (tertiary/aromatic N) is 1. The second kappa shape index (κ2) is 6.00. The molecule has 5 rings (SSSR count). The Kier molecular flexibility index (Phi) is 3.95. The first-order valence-corrected chi connectivity index (χ1v) is 10.6. The molecule has 5 aliphatic rings. The summed E-state index contributed by atoms with van der Waals surface area (Å²) in [7, 11) is 0. The van der Waals surface area contributed by atoms with Crippen LogP contribution in [0.5, 0.6) is 0 Å². The zero-order valence-corrected chi connectivity index (χ0v) is 14.7. The molecule has 3 heteroatoms. The van der Waals surface area contributed by atoms with Crippen molar-refractivity contribution in [2.24, 2.45) is 17.3 Å². The van der Waals surface area contributed by atoms with Gasteiger partial charge < -0.3 is 10.6 Å². The van der Waals surface area contributed by atoms with Crippen LogP contribution in [0.25, 0.3) is 0 Å². The highest BCUT2D eigenvalue weighted by atomic mass is 15.2. The molecule has 0 aromatic carbocycles. The lowest BCUT2D eigenvalue weighted by Crippen LogP contribution is -2.72. The Morgan fingerprint density at radius 2 is 1.74 bits per heavy atom. The number of nitrogens with one attached hydrogen (secondary N) is 2. The predicted molar refractivity (Wildman–Crippen MR) is 94.5 cm³/mol. The minimum atomic E-state index is 0.530. The first-order chi connectivity index (χ1) is 11.4. The maximum absolute atomic E-state index is 4.04. The number of hydrogen-bond acceptors (Lipinski definition) is 3. The quantitative estimate of drug-likeness (QED) is 0.779. The summed E-state index contributed by atoms with van der Waals surface area (Å²) in [6, 6.07) is 2.51. The Hall–Kier alpha value is -0.120. The van der Waals surface area contributed by atoms with Gasteiger partial charge in [0.1, 0.15) is 0 Å². The topological polar surface area (TPSA) is 27.3 Å². The van der Waals surface area contributed by atoms with E-state index in [0.717, 1.165) is 30.0 Å². The molecule has 1 aliphatic carbocycles. The molecular formula is C20H35N3. The van der Waals surface area contributed by atoms with Gasteiger partial charge in [0.25, 0.3) is 0 Å². The van der Waals surface area contributed by atoms with Crippen LogP contribution >= 0.6 is 0 Å². The van der Waals surface area contributed by atoms with Crippen LogP contribution in [0.15, 0.2) is 0 Å². The van der Waals surface area contributed by atoms with Gasteiger partial charge in [0, 0.05) is 30.1 Å². The van der Waals surface area contributed by atoms with E-state index in [1.54, 1.807) is 0 Å². The van der Waals surface area contributed by atoms with Gasteiger partial charge in [-0.2, -0.15) is 0 Å². The van der Waals surface area contributed by atoms with Gasteiger partial charge in [-0.3, -0.25) is 4.90 Å². The Morgan fingerprint density at radius 3 is 2.65 bits per heavy atom. The first kappa shape index (κ1) is 15.2. The molecule has 4 aliphatic heterocycles. The first-order valence-electron chi connectivity index (χ1n) is 10.6. The number of rotatable bonds is 1. The maximum atomic E-state index is 4.04. The molecule has 0 aromatic heterocycles. The summed E-state index contributed by atoms with van der Waals surface area (Å²) in [5, 5.41) is 8.04. The Labute approximate surface area is 142 Å². The summed E-state index contributed by atoms with van der Waals surface area (Å²) < 4.78 is 0. The summed E-state index contributed by atoms with van der Waals surface area (Å²) in [5.41, 5.74) is 0.530. The van der Waals surface area contributed by atoms with Gasteiger partial charge in [0.15, 0.2) is 0 Å². The fourth-order valence-electron chi connectivity index (χ4n) is 7.36. The Bertz CT molecular complexity index is 431. The van der Waals surface area contributed by atoms with Gasteiger partial charge in [-0.05, 0) is 82.8 Å². The molecule has 23 heavy (non-hydrogen) atoms. The van der Waals surface area contributed by atoms with Crippen molar-refractivity contribution >= 4 is 0 Å². The van der Waals surface area contributed by atoms with Crippen LogP contribution in [-0.2, 0) is 0 Å². The van der Waals surface area contributed by atoms with Crippen molar-refractivity contribution in [3.05, 3.63) is 0 Å². The van der Waals surface area contributed by atoms with Crippen LogP contribution < -0.4 is 10.6 Å². The fourth-order valence-corrected chi connectivity index (χ4v) is 7.36. The van der Waals surface area contributed by atoms with Crippen molar-refractivity contribution in [2.45, 2.75) is 82.3 Å². The Morgan fingerprint density at radius 1 is 0.826 bits per heavy atom. The zero-order valence-electron chi connectivity index (χ0n) is 14.7. The second-order valence-corrected chi connectivity index (χ2v) is 9.30. The molecule has 4 saturated heterocycles. The zero-order chi connectivity index (χ0) is 15.3. The minimum absolute atomic E-state index is 0.530. The van der Waals surface area contributed by atoms with Crippen molar-refractivity contribution in [1.82, 2.24) is 15.5 Å². The molecule has 3 nitrogen and oxygen atoms in total. The van der Waals surface area contributed by atoms with Crippen molar-refractivity contribution in [1.29, 1.82) is 0 Å². The molecule has 0 spiro atoms. The van der Waals surface area contributed by atoms with Crippen LogP contribution in [0, 0.1) is 17.3 Å². The molecule has 0 amide bonds. The van der Waals surface area contributed by atoms with Crippen molar-refractivity contribution in [3.8, 4) is 0 Å². The largest absolute Gasteiger partial charge is 0.313 e. The summed E-state index contributed by atoms with van der Waals surface area (Å²) in [6.07, 6.45) is 14.6. The Balaban J connectivity index is 1.50. The maximum Gasteiger partial charge on any atom is 0.0179 e. The number of piperidine rings is 4. The van der Waals surface area contributed by atoms with Gasteiger partial charge in [0.2, 0.25) is 0 Å². The summed E-state index contributed by atoms with van der Waals surface area (Å²) in [5.74, 6) is 1.96. The highest BCUT2D eigenvalue weighted by Crippen LogP contribution is 2.55. The molecular weight excluding hydrogens is 282 g/mol. The second-order valence-electron chi connectivity index (χ2n) is 9.30. The van der Waals surface area contributed by atoms with Gasteiger partial charge in [-0.25, -0.2) is 0 Å². The lowest BCUT2D eigenvalue weighted by molar-refractivity contribution is -0.117. The van der Waals surface area contributed by atoms with Crippen LogP contribution in [0.2, 0.25) is 0 Å². The van der Waals surface area contributed by atoms with E-state index in [4.69, 9.17) is 0 Å². The molecule has 0 aromatic rings. The van der Waals surface area contributed by atoms with Crippen LogP contribution in [0.1, 0.15) is 64.2 Å². The van der Waals surface area contributed by atoms with Crippen molar-refractivity contribution in [2.75, 3.05) is 26.2 Å². The highest BCUT2D eigenvalue weighted by Gasteiger charge is 2.58. The van der Waals surface area contributed by atoms with E-state index < -0.39 is 0 Å². The van der Waals surface area contributed by atoms with E-state index in [-0.39, 0.29) is 0 Å². The normalized spacial score (nSPS) is 50.9. The monoisotopic (exact) mass is 317 g/mol. The minimum Gasteiger partial charge on any atom is -0.313 e. The van der Waals surface area contributed by atoms with Gasteiger partial charge in [-0.15, -0.1) is 0 Å². The third-order valence-electron chi connectivity index (χ3n) is 8.16. The lowest BCUT2D eigenvalue weighted by atomic mass is 9.52. The summed E-state index contributed by atoms with van der Waals surface area (Å²) in [4.78, 5) is 2.94. The highest BCUT2D eigenvalue weighted by molar-refractivity contribution is 5.14. The van der Waals surface area contributed by atoms with Gasteiger partial charge in [-0.1, -0.05) is 12.8 Å². The van der Waals surface area contributed by atoms with E-state index >= 15 is 0 Å². The van der Waals surface area contributed by atoms with E-state index in [0.29, 0.717) is 5.41 Å². The molecule has 130 valence electrons. The third kappa shape index (κ3) is 2.41. The van der Waals surface area contributed by atoms with Crippen LogP contribution in [0.4, 0.5) is 0 Å². The molecule has 5 fully saturated rings. The predicted octanol–water partition coefficient (Wildman–Crippen LogP) is 2.76. The smallest absolute Gasteiger partial charge is 0.0179 e. The van der Waals surface area contributed by atoms with Gasteiger partial charge in [0.05, 0.1) is 0 Å². The molecule has 1 unspecified atom stereocenters. The molecule has 4 heterocycles. The van der Waals surface area contributed by atoms with E-state index in [9.17, 15) is 0 Å². The summed E-state index contributed by atoms with van der Waals surface area (Å²) >= 11 is 0. The summed E-state index contributed by atoms with van der Waals surface area (Å²) in [6.45, 7) is 5.30. The van der Waals surface area contributed by atoms with Crippen molar-refractivity contribution in [3.63, 3.8) is 0 Å². The standard InChI is InChI=1S/C20H35N3/c1-3-9-21-18(8-1)20-13-16(12-15-6-5-10-22-19(15)20)17-7-2-4-11-23(17)14-20/h15-19,21-22H,1-14H2/t15-,16+,17-,18?,19+,20+/m1/s1. The molecule has 2 bridgehead atoms. The number of fused-ring (bicyclic) bond motifs is 6. The molecule has 6 atom stereocenters. The fraction of sp³-hybridized carbons (Fsp3) is 1.00. The molecule has 0 radical (unpaired) electrons. The average Bonchev–Trinajstić information content (AvgIpc) is 2.63. The van der Waals surface area contributed by atoms with Crippen molar-refractivity contribution < 1.29 is 0 Å². The molecule has 2 N–H and O–H groups in total. The van der Waals surface area contributed by atoms with Crippen LogP contribution in [-0.4, -0.2) is 49.2 Å². The number of hydrogen-bond donors (Lipinski definition) is 2. The lowest BCUT2D eigenvalue weighted by Gasteiger charge is -2.64. The SMILES string of the molecule is C1CCC([C@@]23C[C@H](C[C@H]4CCCN[C@@H]42)[C@H]2CCCCN2C3)NC1. The molecule has 1 saturated carbocycles. The third-order valence-corrected chi connectivity index (χ3v) is 8.16. The van der Waals surface area contributed by atoms with E-state index in [1.807, 2.05) is 0 Å². The average molecular weight is 318 g/mol. The van der Waals surface area contributed by atoms with E-state index in [2.05, 4.69) is 15.5 Å².